The maximum absolute atomic E-state index is 5.26. The fraction of sp³-hybridized carbons (Fsp3) is 0.615. The minimum Gasteiger partial charge on any atom is -0.480 e. The molecule has 0 spiro atoms. The monoisotopic (exact) mass is 237 g/mol. The van der Waals surface area contributed by atoms with Crippen molar-refractivity contribution in [2.24, 2.45) is 12.5 Å². The molecule has 96 valence electrons. The fourth-order valence-electron chi connectivity index (χ4n) is 1.45. The predicted octanol–water partition coefficient (Wildman–Crippen LogP) is 2.39. The van der Waals surface area contributed by atoms with Crippen molar-refractivity contribution >= 4 is 0 Å². The van der Waals surface area contributed by atoms with Crippen LogP contribution in [0.5, 0.6) is 5.88 Å². The Kier molecular flexibility index (Phi) is 3.86. The van der Waals surface area contributed by atoms with Crippen molar-refractivity contribution in [1.29, 1.82) is 0 Å². The highest BCUT2D eigenvalue weighted by molar-refractivity contribution is 5.31. The molecule has 1 heterocycles. The van der Waals surface area contributed by atoms with Gasteiger partial charge in [0, 0.05) is 30.4 Å². The number of aryl methyl sites for hydroxylation is 1. The molecule has 0 bridgehead atoms. The summed E-state index contributed by atoms with van der Waals surface area (Å²) in [5.74, 6) is 0.680. The Morgan fingerprint density at radius 3 is 2.53 bits per heavy atom. The molecule has 1 rings (SSSR count). The van der Waals surface area contributed by atoms with Gasteiger partial charge in [0.15, 0.2) is 0 Å². The maximum atomic E-state index is 5.26. The smallest absolute Gasteiger partial charge is 0.237 e. The molecule has 0 amide bonds. The molecule has 1 aromatic rings. The van der Waals surface area contributed by atoms with Gasteiger partial charge < -0.3 is 10.1 Å². The fourth-order valence-corrected chi connectivity index (χ4v) is 1.45. The summed E-state index contributed by atoms with van der Waals surface area (Å²) < 4.78 is 7.09. The molecule has 0 aliphatic carbocycles. The van der Waals surface area contributed by atoms with Gasteiger partial charge in [0.1, 0.15) is 0 Å². The van der Waals surface area contributed by atoms with Crippen LogP contribution in [-0.2, 0) is 13.6 Å². The number of methoxy groups -OCH3 is 1. The minimum atomic E-state index is 0.0589. The summed E-state index contributed by atoms with van der Waals surface area (Å²) in [4.78, 5) is 0. The van der Waals surface area contributed by atoms with Crippen molar-refractivity contribution in [3.05, 3.63) is 23.5 Å². The summed E-state index contributed by atoms with van der Waals surface area (Å²) in [5, 5.41) is 7.63. The number of nitrogens with zero attached hydrogens (tertiary/aromatic N) is 2. The predicted molar refractivity (Wildman–Crippen MR) is 69.9 cm³/mol. The van der Waals surface area contributed by atoms with Crippen LogP contribution in [0.15, 0.2) is 12.3 Å². The molecule has 0 aromatic carbocycles. The van der Waals surface area contributed by atoms with Crippen molar-refractivity contribution in [2.75, 3.05) is 7.11 Å². The Morgan fingerprint density at radius 1 is 1.47 bits per heavy atom. The first kappa shape index (κ1) is 13.6. The van der Waals surface area contributed by atoms with Crippen molar-refractivity contribution < 1.29 is 4.74 Å². The molecular formula is C13H23N3O. The zero-order chi connectivity index (χ0) is 13.2. The molecule has 0 unspecified atom stereocenters. The number of allylic oxidation sites excluding steroid dienone is 1. The highest BCUT2D eigenvalue weighted by Gasteiger charge is 2.17. The molecule has 4 heteroatoms. The van der Waals surface area contributed by atoms with Crippen LogP contribution < -0.4 is 10.1 Å². The first-order chi connectivity index (χ1) is 7.77. The molecule has 1 aromatic heterocycles. The van der Waals surface area contributed by atoms with Gasteiger partial charge in [0.05, 0.1) is 12.7 Å². The molecular weight excluding hydrogens is 214 g/mol. The summed E-state index contributed by atoms with van der Waals surface area (Å²) in [5.41, 5.74) is 3.27. The zero-order valence-electron chi connectivity index (χ0n) is 11.7. The van der Waals surface area contributed by atoms with E-state index in [9.17, 15) is 0 Å². The summed E-state index contributed by atoms with van der Waals surface area (Å²) in [6, 6.07) is 0. The molecule has 17 heavy (non-hydrogen) atoms. The molecule has 0 aliphatic heterocycles. The van der Waals surface area contributed by atoms with E-state index in [1.54, 1.807) is 7.11 Å². The standard InChI is InChI=1S/C13H23N3O/c1-9-11(12(17-7)15-16(9)6)8-14-10(2)13(3,4)5/h14H,2,8H2,1,3-7H3. The lowest BCUT2D eigenvalue weighted by molar-refractivity contribution is 0.385. The number of nitrogens with one attached hydrogen (secondary N) is 1. The van der Waals surface area contributed by atoms with Gasteiger partial charge in [0.25, 0.3) is 0 Å². The largest absolute Gasteiger partial charge is 0.480 e. The van der Waals surface area contributed by atoms with Crippen LogP contribution in [0.2, 0.25) is 0 Å². The third-order valence-electron chi connectivity index (χ3n) is 3.00. The van der Waals surface area contributed by atoms with Crippen molar-refractivity contribution in [2.45, 2.75) is 34.2 Å². The SMILES string of the molecule is C=C(NCc1c(OC)nn(C)c1C)C(C)(C)C. The van der Waals surface area contributed by atoms with Crippen LogP contribution in [0.25, 0.3) is 0 Å². The first-order valence-corrected chi connectivity index (χ1v) is 5.77. The molecule has 0 fully saturated rings. The van der Waals surface area contributed by atoms with Gasteiger partial charge in [-0.2, -0.15) is 0 Å². The van der Waals surface area contributed by atoms with Crippen molar-refractivity contribution in [3.63, 3.8) is 0 Å². The van der Waals surface area contributed by atoms with Gasteiger partial charge in [-0.3, -0.25) is 4.68 Å². The van der Waals surface area contributed by atoms with Crippen LogP contribution in [0, 0.1) is 12.3 Å². The van der Waals surface area contributed by atoms with E-state index in [4.69, 9.17) is 4.74 Å². The maximum Gasteiger partial charge on any atom is 0.237 e. The summed E-state index contributed by atoms with van der Waals surface area (Å²) >= 11 is 0. The number of aromatic nitrogens is 2. The van der Waals surface area contributed by atoms with Crippen molar-refractivity contribution in [1.82, 2.24) is 15.1 Å². The van der Waals surface area contributed by atoms with Gasteiger partial charge in [-0.05, 0) is 6.92 Å². The van der Waals surface area contributed by atoms with E-state index < -0.39 is 0 Å². The normalized spacial score (nSPS) is 11.4. The lowest BCUT2D eigenvalue weighted by atomic mass is 9.93. The number of ether oxygens (including phenoxy) is 1. The van der Waals surface area contributed by atoms with E-state index >= 15 is 0 Å². The Hall–Kier alpha value is -1.45. The molecule has 0 aliphatic rings. The second kappa shape index (κ2) is 4.82. The van der Waals surface area contributed by atoms with Gasteiger partial charge in [-0.15, -0.1) is 5.10 Å². The van der Waals surface area contributed by atoms with Gasteiger partial charge in [0.2, 0.25) is 5.88 Å². The van der Waals surface area contributed by atoms with E-state index in [1.807, 2.05) is 18.7 Å². The van der Waals surface area contributed by atoms with Crippen molar-refractivity contribution in [3.8, 4) is 5.88 Å². The molecule has 0 saturated carbocycles. The van der Waals surface area contributed by atoms with E-state index in [0.717, 1.165) is 17.0 Å². The molecule has 0 saturated heterocycles. The van der Waals surface area contributed by atoms with E-state index in [0.29, 0.717) is 12.4 Å². The highest BCUT2D eigenvalue weighted by Crippen LogP contribution is 2.24. The van der Waals surface area contributed by atoms with Crippen LogP contribution >= 0.6 is 0 Å². The summed E-state index contributed by atoms with van der Waals surface area (Å²) in [7, 11) is 3.56. The molecule has 0 atom stereocenters. The van der Waals surface area contributed by atoms with E-state index in [1.165, 1.54) is 0 Å². The lowest BCUT2D eigenvalue weighted by Crippen LogP contribution is -2.23. The number of hydrogen-bond donors (Lipinski definition) is 1. The Balaban J connectivity index is 2.79. The Morgan fingerprint density at radius 2 is 2.06 bits per heavy atom. The number of hydrogen-bond acceptors (Lipinski definition) is 3. The van der Waals surface area contributed by atoms with Gasteiger partial charge >= 0.3 is 0 Å². The molecule has 1 N–H and O–H groups in total. The topological polar surface area (TPSA) is 39.1 Å². The van der Waals surface area contributed by atoms with Crippen LogP contribution in [0.3, 0.4) is 0 Å². The lowest BCUT2D eigenvalue weighted by Gasteiger charge is -2.23. The quantitative estimate of drug-likeness (QED) is 0.874. The highest BCUT2D eigenvalue weighted by atomic mass is 16.5. The Labute approximate surface area is 104 Å². The van der Waals surface area contributed by atoms with E-state index in [2.05, 4.69) is 37.8 Å². The average Bonchev–Trinajstić information content (AvgIpc) is 2.50. The van der Waals surface area contributed by atoms with Crippen LogP contribution in [0.4, 0.5) is 0 Å². The first-order valence-electron chi connectivity index (χ1n) is 5.77. The third-order valence-corrected chi connectivity index (χ3v) is 3.00. The summed E-state index contributed by atoms with van der Waals surface area (Å²) in [6.07, 6.45) is 0. The Bertz CT molecular complexity index is 413. The van der Waals surface area contributed by atoms with Crippen LogP contribution in [0.1, 0.15) is 32.0 Å². The summed E-state index contributed by atoms with van der Waals surface area (Å²) in [6.45, 7) is 13.2. The molecule has 4 nitrogen and oxygen atoms in total. The number of rotatable bonds is 4. The van der Waals surface area contributed by atoms with Crippen LogP contribution in [-0.4, -0.2) is 16.9 Å². The van der Waals surface area contributed by atoms with E-state index in [-0.39, 0.29) is 5.41 Å². The molecule has 0 radical (unpaired) electrons. The minimum absolute atomic E-state index is 0.0589. The van der Waals surface area contributed by atoms with Gasteiger partial charge in [-0.25, -0.2) is 0 Å². The average molecular weight is 237 g/mol. The second-order valence-corrected chi connectivity index (χ2v) is 5.28. The third kappa shape index (κ3) is 3.02. The zero-order valence-corrected chi connectivity index (χ0v) is 11.7. The second-order valence-electron chi connectivity index (χ2n) is 5.28. The van der Waals surface area contributed by atoms with Gasteiger partial charge in [-0.1, -0.05) is 27.4 Å².